The second-order valence-electron chi connectivity index (χ2n) is 3.76. The molecule has 0 aliphatic heterocycles. The van der Waals surface area contributed by atoms with Crippen molar-refractivity contribution in [1.82, 2.24) is 0 Å². The van der Waals surface area contributed by atoms with E-state index in [9.17, 15) is 4.79 Å². The number of aliphatic carboxylic acids is 1. The summed E-state index contributed by atoms with van der Waals surface area (Å²) in [6.45, 7) is 2.04. The van der Waals surface area contributed by atoms with Gasteiger partial charge >= 0.3 is 5.97 Å². The molecule has 0 heterocycles. The fourth-order valence-electron chi connectivity index (χ4n) is 1.92. The Kier molecular flexibility index (Phi) is 3.57. The van der Waals surface area contributed by atoms with Crippen LogP contribution in [0.25, 0.3) is 0 Å². The van der Waals surface area contributed by atoms with Crippen molar-refractivity contribution in [2.24, 2.45) is 11.8 Å². The maximum Gasteiger partial charge on any atom is 0.303 e. The van der Waals surface area contributed by atoms with Gasteiger partial charge in [-0.15, -0.1) is 0 Å². The van der Waals surface area contributed by atoms with Crippen molar-refractivity contribution in [1.29, 1.82) is 0 Å². The molecule has 0 aromatic carbocycles. The normalized spacial score (nSPS) is 22.1. The van der Waals surface area contributed by atoms with Crippen molar-refractivity contribution in [2.45, 2.75) is 39.0 Å². The van der Waals surface area contributed by atoms with Gasteiger partial charge in [-0.2, -0.15) is 0 Å². The fourth-order valence-corrected chi connectivity index (χ4v) is 1.92. The van der Waals surface area contributed by atoms with Crippen molar-refractivity contribution in [3.05, 3.63) is 6.42 Å². The average molecular weight is 169 g/mol. The van der Waals surface area contributed by atoms with Crippen molar-refractivity contribution in [3.63, 3.8) is 0 Å². The van der Waals surface area contributed by atoms with Crippen LogP contribution in [0.15, 0.2) is 0 Å². The number of carboxylic acid groups (broad SMARTS) is 1. The molecule has 69 valence electrons. The summed E-state index contributed by atoms with van der Waals surface area (Å²) >= 11 is 0. The first-order valence-electron chi connectivity index (χ1n) is 4.75. The summed E-state index contributed by atoms with van der Waals surface area (Å²) in [5, 5.41) is 8.60. The van der Waals surface area contributed by atoms with Crippen LogP contribution in [0.3, 0.4) is 0 Å². The van der Waals surface area contributed by atoms with Crippen LogP contribution in [0.4, 0.5) is 0 Å². The van der Waals surface area contributed by atoms with E-state index in [2.05, 4.69) is 6.42 Å². The van der Waals surface area contributed by atoms with Gasteiger partial charge in [0.15, 0.2) is 0 Å². The Morgan fingerprint density at radius 2 is 2.42 bits per heavy atom. The van der Waals surface area contributed by atoms with Gasteiger partial charge < -0.3 is 5.11 Å². The smallest absolute Gasteiger partial charge is 0.303 e. The lowest BCUT2D eigenvalue weighted by Gasteiger charge is -2.26. The highest BCUT2D eigenvalue weighted by molar-refractivity contribution is 5.67. The summed E-state index contributed by atoms with van der Waals surface area (Å²) in [4.78, 5) is 10.4. The van der Waals surface area contributed by atoms with Crippen LogP contribution in [0, 0.1) is 18.3 Å². The quantitative estimate of drug-likeness (QED) is 0.704. The van der Waals surface area contributed by atoms with Crippen LogP contribution < -0.4 is 0 Å². The fraction of sp³-hybridized carbons (Fsp3) is 0.800. The third kappa shape index (κ3) is 2.84. The molecule has 2 heteroatoms. The molecule has 1 aliphatic rings. The zero-order valence-electron chi connectivity index (χ0n) is 7.62. The van der Waals surface area contributed by atoms with E-state index >= 15 is 0 Å². The molecule has 2 unspecified atom stereocenters. The molecular formula is C10H17O2. The minimum atomic E-state index is -0.665. The number of hydrogen-bond acceptors (Lipinski definition) is 1. The second kappa shape index (κ2) is 4.48. The van der Waals surface area contributed by atoms with E-state index in [-0.39, 0.29) is 0 Å². The molecule has 0 aromatic rings. The van der Waals surface area contributed by atoms with Gasteiger partial charge in [-0.25, -0.2) is 0 Å². The van der Waals surface area contributed by atoms with Gasteiger partial charge in [0, 0.05) is 6.42 Å². The molecule has 0 spiro atoms. The molecule has 1 aliphatic carbocycles. The minimum Gasteiger partial charge on any atom is -0.481 e. The zero-order chi connectivity index (χ0) is 8.97. The predicted octanol–water partition coefficient (Wildman–Crippen LogP) is 2.49. The monoisotopic (exact) mass is 169 g/mol. The molecule has 12 heavy (non-hydrogen) atoms. The second-order valence-corrected chi connectivity index (χ2v) is 3.76. The van der Waals surface area contributed by atoms with Crippen molar-refractivity contribution < 1.29 is 9.90 Å². The molecule has 1 saturated carbocycles. The number of hydrogen-bond donors (Lipinski definition) is 1. The Morgan fingerprint density at radius 1 is 1.67 bits per heavy atom. The summed E-state index contributed by atoms with van der Waals surface area (Å²) in [5.41, 5.74) is 0. The molecule has 2 atom stereocenters. The molecule has 1 fully saturated rings. The highest BCUT2D eigenvalue weighted by atomic mass is 16.4. The van der Waals surface area contributed by atoms with Crippen LogP contribution in [-0.2, 0) is 4.79 Å². The van der Waals surface area contributed by atoms with Gasteiger partial charge in [-0.3, -0.25) is 4.79 Å². The first kappa shape index (κ1) is 9.56. The Morgan fingerprint density at radius 3 is 2.92 bits per heavy atom. The lowest BCUT2D eigenvalue weighted by Crippen LogP contribution is -2.18. The molecule has 0 bridgehead atoms. The Bertz CT molecular complexity index is 148. The number of carbonyl (C=O) groups is 1. The topological polar surface area (TPSA) is 37.3 Å². The van der Waals surface area contributed by atoms with Crippen molar-refractivity contribution >= 4 is 5.97 Å². The van der Waals surface area contributed by atoms with Crippen LogP contribution in [0.2, 0.25) is 0 Å². The van der Waals surface area contributed by atoms with Crippen molar-refractivity contribution in [3.8, 4) is 0 Å². The molecule has 2 nitrogen and oxygen atoms in total. The molecule has 1 N–H and O–H groups in total. The van der Waals surface area contributed by atoms with Gasteiger partial charge in [0.2, 0.25) is 0 Å². The molecule has 0 amide bonds. The molecule has 0 saturated heterocycles. The Balaban J connectivity index is 2.29. The van der Waals surface area contributed by atoms with Gasteiger partial charge in [0.1, 0.15) is 0 Å². The summed E-state index contributed by atoms with van der Waals surface area (Å²) in [6, 6.07) is 0. The first-order chi connectivity index (χ1) is 5.70. The average Bonchev–Trinajstić information content (AvgIpc) is 2.05. The number of carboxylic acids is 1. The van der Waals surface area contributed by atoms with Crippen LogP contribution in [0.1, 0.15) is 39.0 Å². The van der Waals surface area contributed by atoms with Gasteiger partial charge in [0.05, 0.1) is 0 Å². The number of rotatable bonds is 3. The highest BCUT2D eigenvalue weighted by Gasteiger charge is 2.21. The van der Waals surface area contributed by atoms with Gasteiger partial charge in [-0.1, -0.05) is 19.8 Å². The Hall–Kier alpha value is -0.530. The Labute approximate surface area is 74.0 Å². The highest BCUT2D eigenvalue weighted by Crippen LogP contribution is 2.30. The van der Waals surface area contributed by atoms with Gasteiger partial charge in [-0.05, 0) is 31.1 Å². The van der Waals surface area contributed by atoms with Crippen molar-refractivity contribution in [2.75, 3.05) is 0 Å². The summed E-state index contributed by atoms with van der Waals surface area (Å²) in [5.74, 6) is 0.208. The molecule has 0 aromatic heterocycles. The summed E-state index contributed by atoms with van der Waals surface area (Å²) in [6.07, 6.45) is 7.54. The van der Waals surface area contributed by atoms with Gasteiger partial charge in [0.25, 0.3) is 0 Å². The van der Waals surface area contributed by atoms with Crippen LogP contribution in [-0.4, -0.2) is 11.1 Å². The van der Waals surface area contributed by atoms with Crippen LogP contribution >= 0.6 is 0 Å². The summed E-state index contributed by atoms with van der Waals surface area (Å²) in [7, 11) is 0. The molecular weight excluding hydrogens is 152 g/mol. The predicted molar refractivity (Wildman–Crippen MR) is 47.7 cm³/mol. The summed E-state index contributed by atoms with van der Waals surface area (Å²) < 4.78 is 0. The zero-order valence-corrected chi connectivity index (χ0v) is 7.62. The maximum absolute atomic E-state index is 10.4. The van der Waals surface area contributed by atoms with E-state index in [1.54, 1.807) is 0 Å². The lowest BCUT2D eigenvalue weighted by molar-refractivity contribution is -0.138. The van der Waals surface area contributed by atoms with E-state index in [1.807, 2.05) is 6.92 Å². The molecule has 1 radical (unpaired) electrons. The SMILES string of the molecule is CC(CC(=O)O)C1[CH]CCCC1. The lowest BCUT2D eigenvalue weighted by atomic mass is 9.79. The maximum atomic E-state index is 10.4. The van der Waals surface area contributed by atoms with E-state index in [1.165, 1.54) is 25.7 Å². The van der Waals surface area contributed by atoms with E-state index in [4.69, 9.17) is 5.11 Å². The standard InChI is InChI=1S/C10H17O2/c1-8(7-10(11)12)9-5-3-2-4-6-9/h5,8-9H,2-4,6-7H2,1H3,(H,11,12). The van der Waals surface area contributed by atoms with E-state index < -0.39 is 5.97 Å². The third-order valence-corrected chi connectivity index (χ3v) is 2.69. The minimum absolute atomic E-state index is 0.321. The van der Waals surface area contributed by atoms with E-state index in [0.717, 1.165) is 0 Å². The van der Waals surface area contributed by atoms with Crippen LogP contribution in [0.5, 0.6) is 0 Å². The molecule has 1 rings (SSSR count). The van der Waals surface area contributed by atoms with E-state index in [0.29, 0.717) is 18.3 Å². The first-order valence-corrected chi connectivity index (χ1v) is 4.75. The largest absolute Gasteiger partial charge is 0.481 e. The third-order valence-electron chi connectivity index (χ3n) is 2.69.